The number of ether oxygens (including phenoxy) is 1. The molecule has 22 heavy (non-hydrogen) atoms. The quantitative estimate of drug-likeness (QED) is 0.680. The van der Waals surface area contributed by atoms with E-state index in [-0.39, 0.29) is 17.5 Å². The van der Waals surface area contributed by atoms with Crippen LogP contribution in [-0.4, -0.2) is 46.6 Å². The van der Waals surface area contributed by atoms with Crippen LogP contribution in [0.5, 0.6) is 5.75 Å². The Labute approximate surface area is 128 Å². The van der Waals surface area contributed by atoms with E-state index in [1.54, 1.807) is 4.90 Å². The Morgan fingerprint density at radius 2 is 2.27 bits per heavy atom. The van der Waals surface area contributed by atoms with Crippen molar-refractivity contribution in [2.24, 2.45) is 5.92 Å². The Morgan fingerprint density at radius 3 is 2.86 bits per heavy atom. The first-order chi connectivity index (χ1) is 10.4. The molecule has 1 amide bonds. The lowest BCUT2D eigenvalue weighted by Gasteiger charge is -2.36. The number of aromatic hydroxyl groups is 1. The number of rotatable bonds is 4. The lowest BCUT2D eigenvalue weighted by Crippen LogP contribution is -2.49. The smallest absolute Gasteiger partial charge is 0.310 e. The topological polar surface area (TPSA) is 92.9 Å². The fraction of sp³-hybridized carbons (Fsp3) is 0.533. The van der Waals surface area contributed by atoms with Crippen molar-refractivity contribution in [1.82, 2.24) is 4.90 Å². The molecule has 1 aliphatic heterocycles. The number of carbonyl (C=O) groups excluding carboxylic acids is 1. The molecule has 1 aromatic rings. The fourth-order valence-corrected chi connectivity index (χ4v) is 2.64. The second-order valence-electron chi connectivity index (χ2n) is 5.82. The number of hydrogen-bond acceptors (Lipinski definition) is 5. The molecule has 1 saturated heterocycles. The zero-order chi connectivity index (χ0) is 16.3. The van der Waals surface area contributed by atoms with Crippen molar-refractivity contribution in [3.8, 4) is 5.75 Å². The van der Waals surface area contributed by atoms with Gasteiger partial charge in [-0.1, -0.05) is 13.8 Å². The van der Waals surface area contributed by atoms with Crippen LogP contribution in [0.3, 0.4) is 0 Å². The van der Waals surface area contributed by atoms with E-state index in [0.717, 1.165) is 18.6 Å². The Kier molecular flexibility index (Phi) is 4.97. The normalized spacial score (nSPS) is 18.5. The van der Waals surface area contributed by atoms with E-state index in [4.69, 9.17) is 4.74 Å². The Balaban J connectivity index is 2.21. The van der Waals surface area contributed by atoms with E-state index in [0.29, 0.717) is 25.7 Å². The number of phenolic OH excluding ortho intramolecular Hbond substituents is 1. The van der Waals surface area contributed by atoms with Crippen molar-refractivity contribution in [2.45, 2.75) is 26.3 Å². The van der Waals surface area contributed by atoms with Gasteiger partial charge in [-0.2, -0.15) is 0 Å². The molecule has 7 heteroatoms. The highest BCUT2D eigenvalue weighted by Gasteiger charge is 2.29. The van der Waals surface area contributed by atoms with Crippen LogP contribution in [0.25, 0.3) is 0 Å². The number of nitro groups is 1. The van der Waals surface area contributed by atoms with Gasteiger partial charge < -0.3 is 14.7 Å². The van der Waals surface area contributed by atoms with E-state index in [1.807, 2.05) is 0 Å². The number of amides is 1. The highest BCUT2D eigenvalue weighted by molar-refractivity contribution is 5.95. The van der Waals surface area contributed by atoms with Gasteiger partial charge in [0.15, 0.2) is 5.75 Å². The van der Waals surface area contributed by atoms with Gasteiger partial charge in [-0.15, -0.1) is 0 Å². The monoisotopic (exact) mass is 308 g/mol. The third-order valence-corrected chi connectivity index (χ3v) is 3.65. The number of morpholine rings is 1. The highest BCUT2D eigenvalue weighted by Crippen LogP contribution is 2.27. The van der Waals surface area contributed by atoms with Gasteiger partial charge in [0.05, 0.1) is 24.2 Å². The maximum absolute atomic E-state index is 12.6. The first kappa shape index (κ1) is 16.2. The van der Waals surface area contributed by atoms with Crippen LogP contribution in [0.4, 0.5) is 5.69 Å². The van der Waals surface area contributed by atoms with Gasteiger partial charge in [-0.25, -0.2) is 0 Å². The molecule has 1 aliphatic rings. The Hall–Kier alpha value is -2.15. The molecule has 7 nitrogen and oxygen atoms in total. The molecular formula is C15H20N2O5. The van der Waals surface area contributed by atoms with Crippen LogP contribution in [0.15, 0.2) is 18.2 Å². The van der Waals surface area contributed by atoms with Gasteiger partial charge in [0.25, 0.3) is 5.91 Å². The van der Waals surface area contributed by atoms with E-state index in [1.165, 1.54) is 6.07 Å². The summed E-state index contributed by atoms with van der Waals surface area (Å²) in [7, 11) is 0. The van der Waals surface area contributed by atoms with E-state index >= 15 is 0 Å². The number of hydrogen-bond donors (Lipinski definition) is 1. The summed E-state index contributed by atoms with van der Waals surface area (Å²) >= 11 is 0. The van der Waals surface area contributed by atoms with E-state index in [2.05, 4.69) is 13.8 Å². The van der Waals surface area contributed by atoms with Gasteiger partial charge in [-0.3, -0.25) is 14.9 Å². The molecule has 0 saturated carbocycles. The molecule has 0 spiro atoms. The van der Waals surface area contributed by atoms with Crippen LogP contribution in [0, 0.1) is 16.0 Å². The Bertz CT molecular complexity index is 573. The number of benzene rings is 1. The molecule has 2 rings (SSSR count). The number of nitrogens with zero attached hydrogens (tertiary/aromatic N) is 2. The van der Waals surface area contributed by atoms with Crippen LogP contribution >= 0.6 is 0 Å². The molecule has 1 fully saturated rings. The van der Waals surface area contributed by atoms with Crippen LogP contribution in [0.1, 0.15) is 30.6 Å². The molecule has 1 aromatic carbocycles. The van der Waals surface area contributed by atoms with Gasteiger partial charge >= 0.3 is 5.69 Å². The maximum Gasteiger partial charge on any atom is 0.310 e. The minimum absolute atomic E-state index is 0.0152. The van der Waals surface area contributed by atoms with Crippen molar-refractivity contribution in [1.29, 1.82) is 0 Å². The molecular weight excluding hydrogens is 288 g/mol. The first-order valence-electron chi connectivity index (χ1n) is 7.26. The van der Waals surface area contributed by atoms with Gasteiger partial charge in [-0.05, 0) is 24.5 Å². The number of nitro benzene ring substituents is 1. The second-order valence-corrected chi connectivity index (χ2v) is 5.82. The predicted octanol–water partition coefficient (Wildman–Crippen LogP) is 2.19. The van der Waals surface area contributed by atoms with E-state index < -0.39 is 16.4 Å². The number of phenols is 1. The lowest BCUT2D eigenvalue weighted by atomic mass is 10.0. The third kappa shape index (κ3) is 3.54. The van der Waals surface area contributed by atoms with E-state index in [9.17, 15) is 20.0 Å². The average molecular weight is 308 g/mol. The largest absolute Gasteiger partial charge is 0.502 e. The molecule has 0 bridgehead atoms. The van der Waals surface area contributed by atoms with Gasteiger partial charge in [0, 0.05) is 18.2 Å². The summed E-state index contributed by atoms with van der Waals surface area (Å²) < 4.78 is 5.44. The molecule has 0 aliphatic carbocycles. The van der Waals surface area contributed by atoms with Crippen LogP contribution in [0.2, 0.25) is 0 Å². The summed E-state index contributed by atoms with van der Waals surface area (Å²) in [6.45, 7) is 5.60. The van der Waals surface area contributed by atoms with Gasteiger partial charge in [0.2, 0.25) is 0 Å². The number of carbonyl (C=O) groups is 1. The second kappa shape index (κ2) is 6.74. The summed E-state index contributed by atoms with van der Waals surface area (Å²) in [5.41, 5.74) is -0.156. The molecule has 1 N–H and O–H groups in total. The molecule has 0 radical (unpaired) electrons. The van der Waals surface area contributed by atoms with Crippen LogP contribution in [-0.2, 0) is 4.74 Å². The lowest BCUT2D eigenvalue weighted by molar-refractivity contribution is -0.385. The first-order valence-corrected chi connectivity index (χ1v) is 7.26. The standard InChI is InChI=1S/C15H20N2O5/c1-10(2)7-12-9-22-6-5-16(12)15(19)11-3-4-13(17(20)21)14(18)8-11/h3-4,8,10,12,18H,5-7,9H2,1-2H3/t12-/m1/s1. The minimum atomic E-state index is -0.681. The molecule has 0 aromatic heterocycles. The fourth-order valence-electron chi connectivity index (χ4n) is 2.64. The summed E-state index contributed by atoms with van der Waals surface area (Å²) in [5.74, 6) is -0.309. The van der Waals surface area contributed by atoms with Crippen molar-refractivity contribution in [2.75, 3.05) is 19.8 Å². The highest BCUT2D eigenvalue weighted by atomic mass is 16.6. The zero-order valence-corrected chi connectivity index (χ0v) is 12.7. The average Bonchev–Trinajstić information content (AvgIpc) is 2.46. The van der Waals surface area contributed by atoms with Crippen molar-refractivity contribution in [3.05, 3.63) is 33.9 Å². The zero-order valence-electron chi connectivity index (χ0n) is 12.7. The molecule has 1 heterocycles. The van der Waals surface area contributed by atoms with Crippen molar-refractivity contribution < 1.29 is 19.6 Å². The predicted molar refractivity (Wildman–Crippen MR) is 79.9 cm³/mol. The summed E-state index contributed by atoms with van der Waals surface area (Å²) in [4.78, 5) is 24.4. The summed E-state index contributed by atoms with van der Waals surface area (Å²) in [6, 6.07) is 3.67. The molecule has 120 valence electrons. The van der Waals surface area contributed by atoms with Crippen molar-refractivity contribution >= 4 is 11.6 Å². The Morgan fingerprint density at radius 1 is 1.55 bits per heavy atom. The minimum Gasteiger partial charge on any atom is -0.502 e. The van der Waals surface area contributed by atoms with Crippen molar-refractivity contribution in [3.63, 3.8) is 0 Å². The molecule has 1 atom stereocenters. The third-order valence-electron chi connectivity index (χ3n) is 3.65. The van der Waals surface area contributed by atoms with Gasteiger partial charge in [0.1, 0.15) is 0 Å². The van der Waals surface area contributed by atoms with Crippen LogP contribution < -0.4 is 0 Å². The molecule has 0 unspecified atom stereocenters. The summed E-state index contributed by atoms with van der Waals surface area (Å²) in [5, 5.41) is 20.4. The SMILES string of the molecule is CC(C)C[C@@H]1COCCN1C(=O)c1ccc([N+](=O)[O-])c(O)c1. The maximum atomic E-state index is 12.6. The summed E-state index contributed by atoms with van der Waals surface area (Å²) in [6.07, 6.45) is 0.824.